The van der Waals surface area contributed by atoms with Crippen LogP contribution in [0.25, 0.3) is 0 Å². The molecule has 1 amide bonds. The average molecular weight is 356 g/mol. The van der Waals surface area contributed by atoms with E-state index < -0.39 is 0 Å². The van der Waals surface area contributed by atoms with Crippen molar-refractivity contribution in [3.05, 3.63) is 34.5 Å². The highest BCUT2D eigenvalue weighted by Crippen LogP contribution is 2.26. The molecule has 0 N–H and O–H groups in total. The van der Waals surface area contributed by atoms with E-state index >= 15 is 0 Å². The van der Waals surface area contributed by atoms with Crippen molar-refractivity contribution < 1.29 is 4.79 Å². The van der Waals surface area contributed by atoms with E-state index in [1.165, 1.54) is 0 Å². The summed E-state index contributed by atoms with van der Waals surface area (Å²) in [5.41, 5.74) is 3.71. The Morgan fingerprint density at radius 3 is 2.69 bits per heavy atom. The lowest BCUT2D eigenvalue weighted by molar-refractivity contribution is 0.0720. The van der Waals surface area contributed by atoms with Gasteiger partial charge in [-0.1, -0.05) is 13.8 Å². The normalized spacial score (nSPS) is 13.9. The van der Waals surface area contributed by atoms with Crippen LogP contribution in [0.2, 0.25) is 0 Å². The number of aryl methyl sites for hydroxylation is 2. The minimum absolute atomic E-state index is 0.0170. The molecule has 0 unspecified atom stereocenters. The SMILES string of the molecule is Cc1nc2c(c(N(C)C)n1)CCN(C(=O)c1cc(CC(C)C)nn1C)C2. The second-order valence-electron chi connectivity index (χ2n) is 7.63. The van der Waals surface area contributed by atoms with Crippen LogP contribution in [0.3, 0.4) is 0 Å². The smallest absolute Gasteiger partial charge is 0.272 e. The molecule has 7 heteroatoms. The van der Waals surface area contributed by atoms with Crippen molar-refractivity contribution in [3.63, 3.8) is 0 Å². The van der Waals surface area contributed by atoms with Crippen molar-refractivity contribution in [1.82, 2.24) is 24.6 Å². The largest absolute Gasteiger partial charge is 0.362 e. The zero-order chi connectivity index (χ0) is 19.0. The molecule has 0 spiro atoms. The Morgan fingerprint density at radius 2 is 2.04 bits per heavy atom. The Morgan fingerprint density at radius 1 is 1.31 bits per heavy atom. The minimum Gasteiger partial charge on any atom is -0.362 e. The highest BCUT2D eigenvalue weighted by atomic mass is 16.2. The van der Waals surface area contributed by atoms with E-state index in [4.69, 9.17) is 0 Å². The minimum atomic E-state index is 0.0170. The number of anilines is 1. The third-order valence-corrected chi connectivity index (χ3v) is 4.63. The van der Waals surface area contributed by atoms with Gasteiger partial charge < -0.3 is 9.80 Å². The molecule has 140 valence electrons. The van der Waals surface area contributed by atoms with E-state index in [0.29, 0.717) is 24.7 Å². The lowest BCUT2D eigenvalue weighted by atomic mass is 10.0. The van der Waals surface area contributed by atoms with Crippen LogP contribution in [0.5, 0.6) is 0 Å². The summed E-state index contributed by atoms with van der Waals surface area (Å²) in [7, 11) is 5.82. The average Bonchev–Trinajstić information content (AvgIpc) is 2.92. The fourth-order valence-electron chi connectivity index (χ4n) is 3.48. The van der Waals surface area contributed by atoms with Crippen LogP contribution in [-0.2, 0) is 26.4 Å². The zero-order valence-corrected chi connectivity index (χ0v) is 16.6. The predicted octanol–water partition coefficient (Wildman–Crippen LogP) is 1.98. The van der Waals surface area contributed by atoms with Gasteiger partial charge in [0.25, 0.3) is 5.91 Å². The van der Waals surface area contributed by atoms with Gasteiger partial charge in [-0.3, -0.25) is 9.48 Å². The molecular formula is C19H28N6O. The first-order valence-electron chi connectivity index (χ1n) is 9.12. The van der Waals surface area contributed by atoms with E-state index in [0.717, 1.165) is 41.4 Å². The lowest BCUT2D eigenvalue weighted by Crippen LogP contribution is -2.38. The summed E-state index contributed by atoms with van der Waals surface area (Å²) in [5, 5.41) is 4.50. The van der Waals surface area contributed by atoms with Crippen LogP contribution in [0.4, 0.5) is 5.82 Å². The van der Waals surface area contributed by atoms with Gasteiger partial charge >= 0.3 is 0 Å². The first-order chi connectivity index (χ1) is 12.3. The van der Waals surface area contributed by atoms with Crippen LogP contribution < -0.4 is 4.90 Å². The highest BCUT2D eigenvalue weighted by molar-refractivity contribution is 5.92. The number of nitrogens with zero attached hydrogens (tertiary/aromatic N) is 6. The van der Waals surface area contributed by atoms with Crippen LogP contribution in [0.15, 0.2) is 6.07 Å². The molecule has 1 aliphatic heterocycles. The van der Waals surface area contributed by atoms with Gasteiger partial charge in [-0.25, -0.2) is 9.97 Å². The first kappa shape index (κ1) is 18.4. The molecule has 0 saturated carbocycles. The molecule has 0 atom stereocenters. The van der Waals surface area contributed by atoms with Gasteiger partial charge in [-0.15, -0.1) is 0 Å². The second kappa shape index (κ2) is 7.05. The zero-order valence-electron chi connectivity index (χ0n) is 16.6. The molecule has 2 aromatic heterocycles. The number of hydrogen-bond acceptors (Lipinski definition) is 5. The summed E-state index contributed by atoms with van der Waals surface area (Å²) >= 11 is 0. The molecule has 0 bridgehead atoms. The number of fused-ring (bicyclic) bond motifs is 1. The molecule has 7 nitrogen and oxygen atoms in total. The van der Waals surface area contributed by atoms with Gasteiger partial charge in [-0.2, -0.15) is 5.10 Å². The summed E-state index contributed by atoms with van der Waals surface area (Å²) in [4.78, 5) is 26.1. The number of rotatable bonds is 4. The van der Waals surface area contributed by atoms with E-state index in [9.17, 15) is 4.79 Å². The van der Waals surface area contributed by atoms with Gasteiger partial charge in [0.2, 0.25) is 0 Å². The van der Waals surface area contributed by atoms with E-state index in [1.807, 2.05) is 43.9 Å². The fraction of sp³-hybridized carbons (Fsp3) is 0.579. The number of amides is 1. The van der Waals surface area contributed by atoms with Crippen LogP contribution in [0, 0.1) is 12.8 Å². The first-order valence-corrected chi connectivity index (χ1v) is 9.12. The van der Waals surface area contributed by atoms with Crippen molar-refractivity contribution in [2.75, 3.05) is 25.5 Å². The predicted molar refractivity (Wildman–Crippen MR) is 101 cm³/mol. The van der Waals surface area contributed by atoms with E-state index in [2.05, 4.69) is 28.9 Å². The maximum Gasteiger partial charge on any atom is 0.272 e. The van der Waals surface area contributed by atoms with Gasteiger partial charge in [-0.05, 0) is 31.7 Å². The van der Waals surface area contributed by atoms with E-state index in [-0.39, 0.29) is 5.91 Å². The van der Waals surface area contributed by atoms with Crippen molar-refractivity contribution in [1.29, 1.82) is 0 Å². The topological polar surface area (TPSA) is 67.2 Å². The Hall–Kier alpha value is -2.44. The highest BCUT2D eigenvalue weighted by Gasteiger charge is 2.28. The van der Waals surface area contributed by atoms with Crippen LogP contribution in [0.1, 0.15) is 47.1 Å². The Balaban J connectivity index is 1.85. The monoisotopic (exact) mass is 356 g/mol. The molecule has 26 heavy (non-hydrogen) atoms. The molecule has 0 aromatic carbocycles. The van der Waals surface area contributed by atoms with Gasteiger partial charge in [0.1, 0.15) is 17.3 Å². The third kappa shape index (κ3) is 3.57. The molecule has 0 fully saturated rings. The molecule has 1 aliphatic rings. The maximum atomic E-state index is 13.0. The molecule has 0 saturated heterocycles. The van der Waals surface area contributed by atoms with Crippen LogP contribution >= 0.6 is 0 Å². The number of aromatic nitrogens is 4. The summed E-state index contributed by atoms with van der Waals surface area (Å²) in [6, 6.07) is 1.92. The molecule has 3 heterocycles. The Labute approximate surface area is 155 Å². The molecule has 3 rings (SSSR count). The summed E-state index contributed by atoms with van der Waals surface area (Å²) < 4.78 is 1.70. The van der Waals surface area contributed by atoms with Gasteiger partial charge in [0.05, 0.1) is 17.9 Å². The van der Waals surface area contributed by atoms with E-state index in [1.54, 1.807) is 4.68 Å². The number of carbonyl (C=O) groups is 1. The fourth-order valence-corrected chi connectivity index (χ4v) is 3.48. The van der Waals surface area contributed by atoms with Crippen LogP contribution in [-0.4, -0.2) is 51.2 Å². The second-order valence-corrected chi connectivity index (χ2v) is 7.63. The third-order valence-electron chi connectivity index (χ3n) is 4.63. The van der Waals surface area contributed by atoms with Gasteiger partial charge in [0, 0.05) is 33.3 Å². The van der Waals surface area contributed by atoms with Gasteiger partial charge in [0.15, 0.2) is 0 Å². The summed E-state index contributed by atoms with van der Waals surface area (Å²) in [5.74, 6) is 2.23. The summed E-state index contributed by atoms with van der Waals surface area (Å²) in [6.45, 7) is 7.39. The molecule has 2 aromatic rings. The maximum absolute atomic E-state index is 13.0. The molecular weight excluding hydrogens is 328 g/mol. The van der Waals surface area contributed by atoms with Crippen molar-refractivity contribution in [3.8, 4) is 0 Å². The van der Waals surface area contributed by atoms with Crippen molar-refractivity contribution in [2.45, 2.75) is 40.2 Å². The Kier molecular flexibility index (Phi) is 4.98. The number of carbonyl (C=O) groups excluding carboxylic acids is 1. The molecule has 0 radical (unpaired) electrons. The quantitative estimate of drug-likeness (QED) is 0.838. The Bertz CT molecular complexity index is 824. The lowest BCUT2D eigenvalue weighted by Gasteiger charge is -2.30. The molecule has 0 aliphatic carbocycles. The van der Waals surface area contributed by atoms with Crippen molar-refractivity contribution >= 4 is 11.7 Å². The van der Waals surface area contributed by atoms with Crippen molar-refractivity contribution in [2.24, 2.45) is 13.0 Å². The standard InChI is InChI=1S/C19H28N6O/c1-12(2)9-14-10-17(24(6)22-14)19(26)25-8-7-15-16(11-25)20-13(3)21-18(15)23(4)5/h10,12H,7-9,11H2,1-6H3. The number of hydrogen-bond donors (Lipinski definition) is 0. The summed E-state index contributed by atoms with van der Waals surface area (Å²) in [6.07, 6.45) is 1.65.